The lowest BCUT2D eigenvalue weighted by atomic mass is 9.93. The Labute approximate surface area is 105 Å². The minimum atomic E-state index is -0.721. The molecule has 0 amide bonds. The third-order valence-corrected chi connectivity index (χ3v) is 2.62. The van der Waals surface area contributed by atoms with Gasteiger partial charge in [0.25, 0.3) is 0 Å². The number of nitrogens with one attached hydrogen (secondary N) is 1. The van der Waals surface area contributed by atoms with Gasteiger partial charge in [0.2, 0.25) is 0 Å². The Hall–Kier alpha value is -1.29. The van der Waals surface area contributed by atoms with E-state index >= 15 is 0 Å². The maximum absolute atomic E-state index is 13.4. The highest BCUT2D eigenvalue weighted by Gasteiger charge is 2.28. The Morgan fingerprint density at radius 2 is 2.18 bits per heavy atom. The average Bonchev–Trinajstić information content (AvgIpc) is 2.26. The first kappa shape index (κ1) is 13.8. The van der Waals surface area contributed by atoms with Gasteiger partial charge in [-0.3, -0.25) is 4.79 Å². The van der Waals surface area contributed by atoms with Crippen LogP contribution in [-0.4, -0.2) is 19.6 Å². The Morgan fingerprint density at radius 1 is 1.53 bits per heavy atom. The van der Waals surface area contributed by atoms with Crippen LogP contribution in [-0.2, 0) is 9.53 Å². The van der Waals surface area contributed by atoms with E-state index in [2.05, 4.69) is 10.1 Å². The van der Waals surface area contributed by atoms with E-state index < -0.39 is 11.2 Å². The van der Waals surface area contributed by atoms with E-state index in [0.717, 1.165) is 0 Å². The summed E-state index contributed by atoms with van der Waals surface area (Å²) in [7, 11) is 1.33. The molecule has 1 N–H and O–H groups in total. The van der Waals surface area contributed by atoms with Crippen LogP contribution in [0.15, 0.2) is 18.2 Å². The van der Waals surface area contributed by atoms with Crippen molar-refractivity contribution in [2.75, 3.05) is 19.0 Å². The summed E-state index contributed by atoms with van der Waals surface area (Å²) in [4.78, 5) is 11.4. The smallest absolute Gasteiger partial charge is 0.313 e. The highest BCUT2D eigenvalue weighted by atomic mass is 35.5. The van der Waals surface area contributed by atoms with E-state index in [1.54, 1.807) is 19.9 Å². The van der Waals surface area contributed by atoms with Crippen LogP contribution >= 0.6 is 11.6 Å². The van der Waals surface area contributed by atoms with Crippen molar-refractivity contribution in [2.45, 2.75) is 13.8 Å². The van der Waals surface area contributed by atoms with Gasteiger partial charge in [0, 0.05) is 11.6 Å². The van der Waals surface area contributed by atoms with E-state index in [-0.39, 0.29) is 12.5 Å². The van der Waals surface area contributed by atoms with E-state index in [1.807, 2.05) is 0 Å². The number of rotatable bonds is 4. The van der Waals surface area contributed by atoms with E-state index in [4.69, 9.17) is 11.6 Å². The summed E-state index contributed by atoms with van der Waals surface area (Å²) in [6.45, 7) is 3.72. The molecule has 1 aromatic carbocycles. The van der Waals surface area contributed by atoms with Crippen LogP contribution in [0, 0.1) is 11.2 Å². The summed E-state index contributed by atoms with van der Waals surface area (Å²) >= 11 is 5.64. The largest absolute Gasteiger partial charge is 0.469 e. The van der Waals surface area contributed by atoms with Gasteiger partial charge in [-0.2, -0.15) is 0 Å². The highest BCUT2D eigenvalue weighted by Crippen LogP contribution is 2.22. The number of ether oxygens (including phenoxy) is 1. The molecule has 5 heteroatoms. The minimum absolute atomic E-state index is 0.276. The second-order valence-electron chi connectivity index (χ2n) is 4.35. The number of hydrogen-bond acceptors (Lipinski definition) is 3. The number of methoxy groups -OCH3 is 1. The normalized spacial score (nSPS) is 11.1. The molecule has 0 aromatic heterocycles. The number of carbonyl (C=O) groups excluding carboxylic acids is 1. The second kappa shape index (κ2) is 5.36. The summed E-state index contributed by atoms with van der Waals surface area (Å²) in [5.74, 6) is -0.794. The van der Waals surface area contributed by atoms with Crippen molar-refractivity contribution in [1.82, 2.24) is 0 Å². The quantitative estimate of drug-likeness (QED) is 0.845. The third kappa shape index (κ3) is 3.60. The highest BCUT2D eigenvalue weighted by molar-refractivity contribution is 6.30. The van der Waals surface area contributed by atoms with E-state index in [9.17, 15) is 9.18 Å². The van der Waals surface area contributed by atoms with Crippen molar-refractivity contribution in [1.29, 1.82) is 0 Å². The lowest BCUT2D eigenvalue weighted by Gasteiger charge is -2.22. The molecule has 3 nitrogen and oxygen atoms in total. The van der Waals surface area contributed by atoms with Gasteiger partial charge < -0.3 is 10.1 Å². The molecule has 0 aliphatic rings. The summed E-state index contributed by atoms with van der Waals surface area (Å²) in [6.07, 6.45) is 0. The predicted molar refractivity (Wildman–Crippen MR) is 65.7 cm³/mol. The molecule has 17 heavy (non-hydrogen) atoms. The SMILES string of the molecule is COC(=O)C(C)(C)CNc1ccc(Cl)cc1F. The van der Waals surface area contributed by atoms with Crippen molar-refractivity contribution in [3.8, 4) is 0 Å². The van der Waals surface area contributed by atoms with Crippen LogP contribution < -0.4 is 5.32 Å². The van der Waals surface area contributed by atoms with Gasteiger partial charge in [-0.25, -0.2) is 4.39 Å². The van der Waals surface area contributed by atoms with Crippen LogP contribution in [0.25, 0.3) is 0 Å². The van der Waals surface area contributed by atoms with Crippen LogP contribution in [0.3, 0.4) is 0 Å². The van der Waals surface area contributed by atoms with E-state index in [1.165, 1.54) is 19.2 Å². The first-order chi connectivity index (χ1) is 7.86. The predicted octanol–water partition coefficient (Wildman–Crippen LogP) is 3.09. The first-order valence-corrected chi connectivity index (χ1v) is 5.52. The Bertz CT molecular complexity index is 421. The zero-order valence-electron chi connectivity index (χ0n) is 10.0. The molecule has 0 radical (unpaired) electrons. The molecule has 0 atom stereocenters. The maximum Gasteiger partial charge on any atom is 0.313 e. The standard InChI is InChI=1S/C12H15ClFNO2/c1-12(2,11(16)17-3)7-15-10-5-4-8(13)6-9(10)14/h4-6,15H,7H2,1-3H3. The molecule has 0 bridgehead atoms. The average molecular weight is 260 g/mol. The van der Waals surface area contributed by atoms with Crippen molar-refractivity contribution in [3.05, 3.63) is 29.0 Å². The molecule has 1 aromatic rings. The van der Waals surface area contributed by atoms with Gasteiger partial charge in [0.05, 0.1) is 18.2 Å². The Balaban J connectivity index is 2.70. The van der Waals surface area contributed by atoms with Crippen molar-refractivity contribution >= 4 is 23.3 Å². The van der Waals surface area contributed by atoms with Gasteiger partial charge >= 0.3 is 5.97 Å². The Morgan fingerprint density at radius 3 is 2.71 bits per heavy atom. The molecular weight excluding hydrogens is 245 g/mol. The number of carbonyl (C=O) groups is 1. The van der Waals surface area contributed by atoms with Gasteiger partial charge in [-0.05, 0) is 32.0 Å². The Kier molecular flexibility index (Phi) is 4.34. The second-order valence-corrected chi connectivity index (χ2v) is 4.79. The minimum Gasteiger partial charge on any atom is -0.469 e. The molecule has 0 heterocycles. The van der Waals surface area contributed by atoms with Gasteiger partial charge in [-0.1, -0.05) is 11.6 Å². The monoisotopic (exact) mass is 259 g/mol. The fourth-order valence-electron chi connectivity index (χ4n) is 1.30. The summed E-state index contributed by atoms with van der Waals surface area (Å²) in [5, 5.41) is 3.19. The molecule has 0 spiro atoms. The molecule has 0 unspecified atom stereocenters. The van der Waals surface area contributed by atoms with Crippen LogP contribution in [0.2, 0.25) is 5.02 Å². The zero-order valence-corrected chi connectivity index (χ0v) is 10.8. The molecule has 1 rings (SSSR count). The van der Waals surface area contributed by atoms with Gasteiger partial charge in [0.1, 0.15) is 5.82 Å². The summed E-state index contributed by atoms with van der Waals surface area (Å²) in [5.41, 5.74) is -0.410. The molecule has 0 aliphatic carbocycles. The number of halogens is 2. The topological polar surface area (TPSA) is 38.3 Å². The van der Waals surface area contributed by atoms with Crippen LogP contribution in [0.4, 0.5) is 10.1 Å². The molecule has 0 saturated carbocycles. The van der Waals surface area contributed by atoms with Crippen molar-refractivity contribution < 1.29 is 13.9 Å². The van der Waals surface area contributed by atoms with Crippen molar-refractivity contribution in [3.63, 3.8) is 0 Å². The third-order valence-electron chi connectivity index (χ3n) is 2.39. The number of benzene rings is 1. The van der Waals surface area contributed by atoms with E-state index in [0.29, 0.717) is 10.7 Å². The first-order valence-electron chi connectivity index (χ1n) is 5.14. The summed E-state index contributed by atoms with van der Waals surface area (Å²) in [6, 6.07) is 4.33. The van der Waals surface area contributed by atoms with Crippen LogP contribution in [0.5, 0.6) is 0 Å². The number of anilines is 1. The molecule has 0 saturated heterocycles. The van der Waals surface area contributed by atoms with Gasteiger partial charge in [-0.15, -0.1) is 0 Å². The van der Waals surface area contributed by atoms with Gasteiger partial charge in [0.15, 0.2) is 0 Å². The van der Waals surface area contributed by atoms with Crippen molar-refractivity contribution in [2.24, 2.45) is 5.41 Å². The zero-order chi connectivity index (χ0) is 13.1. The number of esters is 1. The lowest BCUT2D eigenvalue weighted by Crippen LogP contribution is -2.33. The fourth-order valence-corrected chi connectivity index (χ4v) is 1.46. The fraction of sp³-hybridized carbons (Fsp3) is 0.417. The molecular formula is C12H15ClFNO2. The molecule has 94 valence electrons. The number of hydrogen-bond donors (Lipinski definition) is 1. The molecule has 0 aliphatic heterocycles. The lowest BCUT2D eigenvalue weighted by molar-refractivity contribution is -0.149. The van der Waals surface area contributed by atoms with Crippen LogP contribution in [0.1, 0.15) is 13.8 Å². The maximum atomic E-state index is 13.4. The molecule has 0 fully saturated rings. The summed E-state index contributed by atoms with van der Waals surface area (Å²) < 4.78 is 18.1.